The average Bonchev–Trinajstić information content (AvgIpc) is 3.28. The molecule has 38 heteroatoms. The van der Waals surface area contributed by atoms with Crippen molar-refractivity contribution in [2.75, 3.05) is 85.1 Å². The van der Waals surface area contributed by atoms with Crippen molar-refractivity contribution in [3.63, 3.8) is 0 Å². The minimum absolute atomic E-state index is 0. The monoisotopic (exact) mass is 1300 g/mol. The van der Waals surface area contributed by atoms with E-state index in [2.05, 4.69) is 114 Å². The number of fused-ring (bicyclic) bond motifs is 18. The molecule has 79 heavy (non-hydrogen) atoms. The van der Waals surface area contributed by atoms with E-state index < -0.39 is 46.9 Å². The minimum Gasteiger partial charge on any atom is -0.741 e. The van der Waals surface area contributed by atoms with Crippen molar-refractivity contribution in [3.8, 4) is 0 Å². The molecular weight excluding hydrogens is 1240 g/mol. The number of nitrogens with zero attached hydrogens (tertiary/aromatic N) is 5. The Bertz CT molecular complexity index is 2090. The molecule has 464 valence electrons. The molecule has 0 saturated carbocycles. The van der Waals surface area contributed by atoms with Gasteiger partial charge in [-0.3, -0.25) is 14.7 Å². The number of aliphatic hydroxyl groups is 1. The molecule has 0 amide bonds. The van der Waals surface area contributed by atoms with E-state index in [-0.39, 0.29) is 56.0 Å². The average molecular weight is 1310 g/mol. The molecule has 3 aliphatic rings. The zero-order valence-corrected chi connectivity index (χ0v) is 46.4. The maximum Gasteiger partial charge on any atom is 2.00 e. The van der Waals surface area contributed by atoms with Crippen LogP contribution in [0.3, 0.4) is 0 Å². The SMILES string of the molecule is CCO.O.O.O.O=S(=O)([O-])C(F)(F)F.O=S(=O)([O-])C(F)(F)F.O=S(=O)([O-])C(F)(F)F.[N-]=[N+]=[N-].[Ni+2].[Ni+2].c1cc2cc(c1)CNCCN1CCNCc3cccc(c3)CNCCN(CCNC2)CCNCc2cccc(c2)CNCC1. The van der Waals surface area contributed by atoms with Crippen LogP contribution in [0.25, 0.3) is 16.0 Å². The second kappa shape index (κ2) is 45.1. The third-order valence-corrected chi connectivity index (χ3v) is 11.1. The van der Waals surface area contributed by atoms with Gasteiger partial charge in [0.2, 0.25) is 0 Å². The molecule has 0 atom stereocenters. The van der Waals surface area contributed by atoms with Crippen molar-refractivity contribution in [1.29, 1.82) is 0 Å². The van der Waals surface area contributed by atoms with Gasteiger partial charge >= 0.3 is 49.5 Å². The largest absolute Gasteiger partial charge is 2.00 e. The number of hydrogen-bond acceptors (Lipinski definition) is 18. The summed E-state index contributed by atoms with van der Waals surface area (Å²) < 4.78 is 177. The van der Waals surface area contributed by atoms with Gasteiger partial charge in [-0.15, -0.1) is 0 Å². The van der Waals surface area contributed by atoms with E-state index >= 15 is 0 Å². The second-order valence-corrected chi connectivity index (χ2v) is 19.4. The van der Waals surface area contributed by atoms with E-state index in [0.717, 1.165) is 118 Å². The molecule has 3 heterocycles. The zero-order chi connectivity index (χ0) is 56.5. The molecule has 6 rings (SSSR count). The van der Waals surface area contributed by atoms with Crippen molar-refractivity contribution in [2.24, 2.45) is 0 Å². The molecule has 3 aromatic rings. The Labute approximate surface area is 472 Å². The molecule has 0 aromatic heterocycles. The van der Waals surface area contributed by atoms with E-state index in [1.54, 1.807) is 6.92 Å². The van der Waals surface area contributed by atoms with Crippen molar-refractivity contribution < 1.29 is 133 Å². The van der Waals surface area contributed by atoms with Gasteiger partial charge in [0.1, 0.15) is 0 Å². The standard InChI is InChI=1S/C36H54N8.C2H6O.3CHF3O3S.N3.2Ni.3H2O/c1-4-31-22-32(5-1)26-38-11-17-44-19-13-40-28-34-7-2-6-33(23-34)27-39-12-18-43(16-10-37-25-31)20-14-41-29-35-8-3-9-36(24-35)30-42-15-21-44;1-2-3;3*2-1(3,4)8(5,6)7;1-3-2;;;;;/h1-9,22-24,37-42H,10-21,25-30H2;3H,2H2,1H3;3*(H,5,6,7);;;;3*1H2/q;;;;;-1;2*+2;;;/p-3. The van der Waals surface area contributed by atoms with Crippen molar-refractivity contribution >= 4 is 30.4 Å². The number of aliphatic hydroxyl groups excluding tert-OH is 1. The molecule has 0 aliphatic carbocycles. The van der Waals surface area contributed by atoms with E-state index in [1.807, 2.05) is 0 Å². The van der Waals surface area contributed by atoms with E-state index in [0.29, 0.717) is 0 Å². The minimum atomic E-state index is -6.09. The number of hydrogen-bond donors (Lipinski definition) is 7. The maximum absolute atomic E-state index is 10.7. The molecule has 13 N–H and O–H groups in total. The molecule has 8 bridgehead atoms. The van der Waals surface area contributed by atoms with Crippen LogP contribution >= 0.6 is 0 Å². The van der Waals surface area contributed by atoms with Crippen LogP contribution in [0.15, 0.2) is 72.8 Å². The van der Waals surface area contributed by atoms with Crippen LogP contribution in [-0.4, -0.2) is 172 Å². The molecule has 0 spiro atoms. The van der Waals surface area contributed by atoms with Gasteiger partial charge in [-0.05, 0) is 40.3 Å². The summed E-state index contributed by atoms with van der Waals surface area (Å²) in [6.45, 7) is 19.4. The van der Waals surface area contributed by atoms with Gasteiger partial charge in [-0.2, -0.15) is 39.5 Å². The van der Waals surface area contributed by atoms with Gasteiger partial charge in [0.25, 0.3) is 0 Å². The van der Waals surface area contributed by atoms with Gasteiger partial charge < -0.3 is 78.2 Å². The van der Waals surface area contributed by atoms with Crippen LogP contribution in [0.5, 0.6) is 0 Å². The Kier molecular flexibility index (Phi) is 49.6. The first-order chi connectivity index (χ1) is 34.4. The fraction of sp³-hybridized carbons (Fsp3) is 0.561. The maximum atomic E-state index is 10.7. The van der Waals surface area contributed by atoms with Gasteiger partial charge in [0.05, 0.1) is 0 Å². The van der Waals surface area contributed by atoms with Crippen LogP contribution in [-0.2, 0) is 103 Å². The van der Waals surface area contributed by atoms with Crippen LogP contribution in [0.1, 0.15) is 40.3 Å². The normalized spacial score (nSPS) is 17.2. The summed E-state index contributed by atoms with van der Waals surface area (Å²) >= 11 is 0. The molecule has 0 saturated heterocycles. The van der Waals surface area contributed by atoms with Crippen LogP contribution < -0.4 is 31.9 Å². The van der Waals surface area contributed by atoms with Gasteiger partial charge in [-0.25, -0.2) is 25.3 Å². The summed E-state index contributed by atoms with van der Waals surface area (Å²) in [7, 11) is -18.3. The number of benzene rings is 3. The van der Waals surface area contributed by atoms with Crippen LogP contribution in [0, 0.1) is 0 Å². The smallest absolute Gasteiger partial charge is 0.741 e. The summed E-state index contributed by atoms with van der Waals surface area (Å²) in [6, 6.07) is 27.0. The summed E-state index contributed by atoms with van der Waals surface area (Å²) in [6.07, 6.45) is 0. The fourth-order valence-electron chi connectivity index (χ4n) is 6.04. The number of nitrogens with one attached hydrogen (secondary N) is 6. The number of alkyl halides is 9. The molecular formula is C41H66F9N11Ni2O13S3. The van der Waals surface area contributed by atoms with Crippen molar-refractivity contribution in [3.05, 3.63) is 122 Å². The van der Waals surface area contributed by atoms with Gasteiger partial charge in [0.15, 0.2) is 30.4 Å². The summed E-state index contributed by atoms with van der Waals surface area (Å²) in [5.74, 6) is 0. The predicted molar refractivity (Wildman–Crippen MR) is 263 cm³/mol. The van der Waals surface area contributed by atoms with Crippen molar-refractivity contribution in [1.82, 2.24) is 41.7 Å². The van der Waals surface area contributed by atoms with Gasteiger partial charge in [-0.1, -0.05) is 72.8 Å². The van der Waals surface area contributed by atoms with E-state index in [4.69, 9.17) is 55.1 Å². The number of halogens is 9. The van der Waals surface area contributed by atoms with E-state index in [9.17, 15) is 39.5 Å². The number of rotatable bonds is 0. The van der Waals surface area contributed by atoms with Crippen LogP contribution in [0.2, 0.25) is 0 Å². The Balaban J connectivity index is -0.000000314. The molecule has 3 aliphatic heterocycles. The zero-order valence-electron chi connectivity index (χ0n) is 42.0. The summed E-state index contributed by atoms with van der Waals surface area (Å²) in [5, 5.41) is 29.8. The van der Waals surface area contributed by atoms with E-state index in [1.165, 1.54) is 38.3 Å². The third-order valence-electron chi connectivity index (χ3n) is 9.43. The van der Waals surface area contributed by atoms with Crippen LogP contribution in [0.4, 0.5) is 39.5 Å². The van der Waals surface area contributed by atoms with Gasteiger partial charge in [0, 0.05) is 124 Å². The molecule has 0 unspecified atom stereocenters. The second-order valence-electron chi connectivity index (χ2n) is 15.3. The Morgan fingerprint density at radius 1 is 0.456 bits per heavy atom. The molecule has 24 nitrogen and oxygen atoms in total. The fourth-order valence-corrected chi connectivity index (χ4v) is 6.04. The summed E-state index contributed by atoms with van der Waals surface area (Å²) in [4.78, 5) is 6.66. The molecule has 3 aromatic carbocycles. The topological polar surface area (TPSA) is 424 Å². The Morgan fingerprint density at radius 3 is 0.696 bits per heavy atom. The summed E-state index contributed by atoms with van der Waals surface area (Å²) in [5.41, 5.74) is 4.68. The first kappa shape index (κ1) is 86.8. The third kappa shape index (κ3) is 43.0. The Hall–Kier alpha value is -3.42. The first-order valence-corrected chi connectivity index (χ1v) is 26.2. The Morgan fingerprint density at radius 2 is 0.582 bits per heavy atom. The quantitative estimate of drug-likeness (QED) is 0.0311. The predicted octanol–water partition coefficient (Wildman–Crippen LogP) is 0.796. The molecule has 0 radical (unpaired) electrons. The van der Waals surface area contributed by atoms with Crippen molar-refractivity contribution in [2.45, 2.75) is 62.7 Å². The molecule has 0 fully saturated rings. The first-order valence-electron chi connectivity index (χ1n) is 22.0.